The first-order valence-corrected chi connectivity index (χ1v) is 7.63. The molecule has 0 fully saturated rings. The SMILES string of the molecule is CCCNCc1csc(-c2cc(C)sc2C)n1. The van der Waals surface area contributed by atoms with Crippen LogP contribution in [0.4, 0.5) is 0 Å². The normalized spacial score (nSPS) is 11.0. The Morgan fingerprint density at radius 3 is 2.82 bits per heavy atom. The van der Waals surface area contributed by atoms with Crippen molar-refractivity contribution in [3.05, 3.63) is 26.9 Å². The topological polar surface area (TPSA) is 24.9 Å². The lowest BCUT2D eigenvalue weighted by atomic mass is 10.2. The van der Waals surface area contributed by atoms with Crippen molar-refractivity contribution in [3.8, 4) is 10.6 Å². The Morgan fingerprint density at radius 2 is 2.18 bits per heavy atom. The summed E-state index contributed by atoms with van der Waals surface area (Å²) in [7, 11) is 0. The van der Waals surface area contributed by atoms with Gasteiger partial charge in [0.1, 0.15) is 5.01 Å². The molecule has 0 aromatic carbocycles. The van der Waals surface area contributed by atoms with Crippen LogP contribution in [0.25, 0.3) is 10.6 Å². The van der Waals surface area contributed by atoms with Crippen molar-refractivity contribution in [2.75, 3.05) is 6.54 Å². The molecule has 0 bridgehead atoms. The maximum atomic E-state index is 4.69. The van der Waals surface area contributed by atoms with E-state index in [4.69, 9.17) is 0 Å². The average Bonchev–Trinajstić information content (AvgIpc) is 2.86. The Hall–Kier alpha value is -0.710. The molecular weight excluding hydrogens is 248 g/mol. The van der Waals surface area contributed by atoms with Gasteiger partial charge in [0.25, 0.3) is 0 Å². The van der Waals surface area contributed by atoms with Gasteiger partial charge >= 0.3 is 0 Å². The summed E-state index contributed by atoms with van der Waals surface area (Å²) in [6.45, 7) is 8.44. The van der Waals surface area contributed by atoms with Gasteiger partial charge in [-0.1, -0.05) is 6.92 Å². The first kappa shape index (κ1) is 12.7. The van der Waals surface area contributed by atoms with Crippen LogP contribution in [0.15, 0.2) is 11.4 Å². The highest BCUT2D eigenvalue weighted by atomic mass is 32.1. The molecule has 92 valence electrons. The van der Waals surface area contributed by atoms with Gasteiger partial charge in [-0.15, -0.1) is 22.7 Å². The summed E-state index contributed by atoms with van der Waals surface area (Å²) in [6.07, 6.45) is 1.17. The molecule has 0 saturated heterocycles. The molecule has 0 unspecified atom stereocenters. The van der Waals surface area contributed by atoms with Crippen LogP contribution < -0.4 is 5.32 Å². The Balaban J connectivity index is 2.10. The number of nitrogens with one attached hydrogen (secondary N) is 1. The Kier molecular flexibility index (Phi) is 4.31. The van der Waals surface area contributed by atoms with Gasteiger partial charge in [-0.25, -0.2) is 4.98 Å². The Labute approximate surface area is 111 Å². The lowest BCUT2D eigenvalue weighted by Gasteiger charge is -1.98. The molecule has 0 aliphatic heterocycles. The zero-order chi connectivity index (χ0) is 12.3. The van der Waals surface area contributed by atoms with Gasteiger partial charge in [0.2, 0.25) is 0 Å². The second-order valence-electron chi connectivity index (χ2n) is 4.15. The fourth-order valence-corrected chi connectivity index (χ4v) is 3.63. The molecule has 0 spiro atoms. The van der Waals surface area contributed by atoms with Crippen LogP contribution in [0, 0.1) is 13.8 Å². The number of thiophene rings is 1. The summed E-state index contributed by atoms with van der Waals surface area (Å²) < 4.78 is 0. The average molecular weight is 266 g/mol. The third-order valence-corrected chi connectivity index (χ3v) is 4.45. The summed E-state index contributed by atoms with van der Waals surface area (Å²) in [6, 6.07) is 2.24. The summed E-state index contributed by atoms with van der Waals surface area (Å²) >= 11 is 3.59. The van der Waals surface area contributed by atoms with E-state index in [0.717, 1.165) is 23.8 Å². The standard InChI is InChI=1S/C13H18N2S2/c1-4-5-14-7-11-8-16-13(15-11)12-6-9(2)17-10(12)3/h6,8,14H,4-5,7H2,1-3H3. The minimum absolute atomic E-state index is 0.881. The van der Waals surface area contributed by atoms with Crippen LogP contribution in [-0.4, -0.2) is 11.5 Å². The molecular formula is C13H18N2S2. The molecule has 0 saturated carbocycles. The molecule has 0 radical (unpaired) electrons. The van der Waals surface area contributed by atoms with E-state index in [-0.39, 0.29) is 0 Å². The van der Waals surface area contributed by atoms with E-state index in [1.807, 2.05) is 11.3 Å². The van der Waals surface area contributed by atoms with Crippen molar-refractivity contribution >= 4 is 22.7 Å². The number of rotatable bonds is 5. The minimum atomic E-state index is 0.881. The van der Waals surface area contributed by atoms with Gasteiger partial charge in [-0.05, 0) is 32.9 Å². The van der Waals surface area contributed by atoms with Crippen LogP contribution in [0.5, 0.6) is 0 Å². The molecule has 2 rings (SSSR count). The molecule has 0 aliphatic carbocycles. The second-order valence-corrected chi connectivity index (χ2v) is 6.47. The molecule has 2 heterocycles. The van der Waals surface area contributed by atoms with Crippen LogP contribution in [0.3, 0.4) is 0 Å². The van der Waals surface area contributed by atoms with Crippen molar-refractivity contribution in [1.29, 1.82) is 0 Å². The van der Waals surface area contributed by atoms with Crippen molar-refractivity contribution < 1.29 is 0 Å². The first-order valence-electron chi connectivity index (χ1n) is 5.93. The molecule has 4 heteroatoms. The monoisotopic (exact) mass is 266 g/mol. The third kappa shape index (κ3) is 3.15. The largest absolute Gasteiger partial charge is 0.311 e. The lowest BCUT2D eigenvalue weighted by molar-refractivity contribution is 0.667. The van der Waals surface area contributed by atoms with Gasteiger partial charge in [0.05, 0.1) is 5.69 Å². The number of hydrogen-bond donors (Lipinski definition) is 1. The van der Waals surface area contributed by atoms with Gasteiger partial charge in [-0.2, -0.15) is 0 Å². The van der Waals surface area contributed by atoms with E-state index in [0.29, 0.717) is 0 Å². The fraction of sp³-hybridized carbons (Fsp3) is 0.462. The van der Waals surface area contributed by atoms with E-state index in [9.17, 15) is 0 Å². The maximum absolute atomic E-state index is 4.69. The van der Waals surface area contributed by atoms with Crippen LogP contribution in [0.1, 0.15) is 28.8 Å². The van der Waals surface area contributed by atoms with Crippen LogP contribution in [-0.2, 0) is 6.54 Å². The van der Waals surface area contributed by atoms with E-state index in [1.165, 1.54) is 21.7 Å². The molecule has 0 atom stereocenters. The van der Waals surface area contributed by atoms with Gasteiger partial charge in [0, 0.05) is 27.2 Å². The molecule has 17 heavy (non-hydrogen) atoms. The summed E-state index contributed by atoms with van der Waals surface area (Å²) in [5.74, 6) is 0. The molecule has 2 nitrogen and oxygen atoms in total. The number of aromatic nitrogens is 1. The van der Waals surface area contributed by atoms with Crippen molar-refractivity contribution in [2.45, 2.75) is 33.7 Å². The van der Waals surface area contributed by atoms with Crippen molar-refractivity contribution in [1.82, 2.24) is 10.3 Å². The van der Waals surface area contributed by atoms with Crippen LogP contribution >= 0.6 is 22.7 Å². The van der Waals surface area contributed by atoms with Crippen LogP contribution in [0.2, 0.25) is 0 Å². The molecule has 0 amide bonds. The summed E-state index contributed by atoms with van der Waals surface area (Å²) in [4.78, 5) is 7.41. The molecule has 0 aliphatic rings. The van der Waals surface area contributed by atoms with Crippen molar-refractivity contribution in [2.24, 2.45) is 0 Å². The third-order valence-electron chi connectivity index (χ3n) is 2.56. The maximum Gasteiger partial charge on any atom is 0.124 e. The van der Waals surface area contributed by atoms with E-state index >= 15 is 0 Å². The smallest absolute Gasteiger partial charge is 0.124 e. The predicted molar refractivity (Wildman–Crippen MR) is 76.9 cm³/mol. The highest BCUT2D eigenvalue weighted by Gasteiger charge is 2.09. The zero-order valence-corrected chi connectivity index (χ0v) is 12.2. The number of thiazole rings is 1. The molecule has 1 N–H and O–H groups in total. The summed E-state index contributed by atoms with van der Waals surface area (Å²) in [5.41, 5.74) is 2.46. The first-order chi connectivity index (χ1) is 8.20. The quantitative estimate of drug-likeness (QED) is 0.828. The predicted octanol–water partition coefficient (Wildman–Crippen LogP) is 3.99. The lowest BCUT2D eigenvalue weighted by Crippen LogP contribution is -2.13. The van der Waals surface area contributed by atoms with E-state index in [2.05, 4.69) is 42.5 Å². The fourth-order valence-electron chi connectivity index (χ4n) is 1.75. The minimum Gasteiger partial charge on any atom is -0.311 e. The number of hydrogen-bond acceptors (Lipinski definition) is 4. The Bertz CT molecular complexity index is 485. The van der Waals surface area contributed by atoms with Gasteiger partial charge < -0.3 is 5.32 Å². The highest BCUT2D eigenvalue weighted by Crippen LogP contribution is 2.32. The van der Waals surface area contributed by atoms with E-state index < -0.39 is 0 Å². The highest BCUT2D eigenvalue weighted by molar-refractivity contribution is 7.15. The number of nitrogens with zero attached hydrogens (tertiary/aromatic N) is 1. The van der Waals surface area contributed by atoms with Gasteiger partial charge in [-0.3, -0.25) is 0 Å². The van der Waals surface area contributed by atoms with E-state index in [1.54, 1.807) is 11.3 Å². The summed E-state index contributed by atoms with van der Waals surface area (Å²) in [5, 5.41) is 6.69. The number of aryl methyl sites for hydroxylation is 2. The molecule has 2 aromatic heterocycles. The Morgan fingerprint density at radius 1 is 1.35 bits per heavy atom. The van der Waals surface area contributed by atoms with Gasteiger partial charge in [0.15, 0.2) is 0 Å². The second kappa shape index (κ2) is 5.76. The van der Waals surface area contributed by atoms with Crippen molar-refractivity contribution in [3.63, 3.8) is 0 Å². The zero-order valence-electron chi connectivity index (χ0n) is 10.5. The molecule has 2 aromatic rings.